The summed E-state index contributed by atoms with van der Waals surface area (Å²) in [4.78, 5) is 25.5. The molecule has 1 amide bonds. The van der Waals surface area contributed by atoms with Gasteiger partial charge in [-0.25, -0.2) is 4.79 Å². The molecule has 0 aliphatic rings. The van der Waals surface area contributed by atoms with Crippen LogP contribution in [0.15, 0.2) is 78.9 Å². The van der Waals surface area contributed by atoms with Gasteiger partial charge in [0.05, 0.1) is 18.4 Å². The lowest BCUT2D eigenvalue weighted by atomic mass is 10.1. The third-order valence-corrected chi connectivity index (χ3v) is 4.81. The molecule has 5 nitrogen and oxygen atoms in total. The van der Waals surface area contributed by atoms with Gasteiger partial charge in [-0.2, -0.15) is 13.2 Å². The van der Waals surface area contributed by atoms with E-state index in [1.807, 2.05) is 13.0 Å². The van der Waals surface area contributed by atoms with Crippen molar-refractivity contribution in [1.29, 1.82) is 0 Å². The minimum Gasteiger partial charge on any atom is -0.495 e. The largest absolute Gasteiger partial charge is 0.495 e. The average Bonchev–Trinajstić information content (AvgIpc) is 2.81. The van der Waals surface area contributed by atoms with Crippen molar-refractivity contribution >= 4 is 23.6 Å². The number of amides is 1. The van der Waals surface area contributed by atoms with Gasteiger partial charge < -0.3 is 14.8 Å². The highest BCUT2D eigenvalue weighted by atomic mass is 19.4. The van der Waals surface area contributed by atoms with Crippen LogP contribution in [0.5, 0.6) is 5.75 Å². The van der Waals surface area contributed by atoms with E-state index in [1.165, 1.54) is 25.3 Å². The first-order valence-corrected chi connectivity index (χ1v) is 10.2. The van der Waals surface area contributed by atoms with E-state index < -0.39 is 29.7 Å². The van der Waals surface area contributed by atoms with Crippen molar-refractivity contribution in [1.82, 2.24) is 0 Å². The number of hydrogen-bond acceptors (Lipinski definition) is 4. The van der Waals surface area contributed by atoms with Gasteiger partial charge in [-0.05, 0) is 48.4 Å². The minimum atomic E-state index is -4.50. The van der Waals surface area contributed by atoms with Crippen LogP contribution in [0.2, 0.25) is 0 Å². The zero-order chi connectivity index (χ0) is 24.7. The average molecular weight is 469 g/mol. The van der Waals surface area contributed by atoms with Crippen molar-refractivity contribution in [2.24, 2.45) is 0 Å². The van der Waals surface area contributed by atoms with E-state index in [0.717, 1.165) is 23.8 Å². The summed E-state index contributed by atoms with van der Waals surface area (Å²) in [5.74, 6) is -1.07. The second-order valence-corrected chi connectivity index (χ2v) is 7.38. The van der Waals surface area contributed by atoms with Gasteiger partial charge in [-0.15, -0.1) is 0 Å². The molecule has 0 heterocycles. The fourth-order valence-corrected chi connectivity index (χ4v) is 3.16. The lowest BCUT2D eigenvalue weighted by Gasteiger charge is -2.18. The Bertz CT molecular complexity index is 1190. The molecule has 1 atom stereocenters. The third-order valence-electron chi connectivity index (χ3n) is 4.81. The number of benzene rings is 3. The van der Waals surface area contributed by atoms with Crippen molar-refractivity contribution in [2.75, 3.05) is 12.4 Å². The lowest BCUT2D eigenvalue weighted by molar-refractivity contribution is -0.149. The monoisotopic (exact) mass is 469 g/mol. The molecule has 1 unspecified atom stereocenters. The van der Waals surface area contributed by atoms with Crippen LogP contribution in [0.25, 0.3) is 6.08 Å². The topological polar surface area (TPSA) is 64.6 Å². The summed E-state index contributed by atoms with van der Waals surface area (Å²) >= 11 is 0. The number of alkyl halides is 3. The Hall–Kier alpha value is -4.07. The van der Waals surface area contributed by atoms with Gasteiger partial charge in [0.1, 0.15) is 5.75 Å². The van der Waals surface area contributed by atoms with Crippen LogP contribution in [0.3, 0.4) is 0 Å². The van der Waals surface area contributed by atoms with Gasteiger partial charge in [-0.3, -0.25) is 4.79 Å². The van der Waals surface area contributed by atoms with Crippen molar-refractivity contribution in [3.8, 4) is 5.75 Å². The van der Waals surface area contributed by atoms with Crippen LogP contribution in [0, 0.1) is 6.92 Å². The highest BCUT2D eigenvalue weighted by Gasteiger charge is 2.30. The third kappa shape index (κ3) is 6.48. The summed E-state index contributed by atoms with van der Waals surface area (Å²) in [7, 11) is 1.47. The normalized spacial score (nSPS) is 12.3. The second kappa shape index (κ2) is 10.7. The van der Waals surface area contributed by atoms with Gasteiger partial charge in [0.2, 0.25) is 6.10 Å². The highest BCUT2D eigenvalue weighted by molar-refractivity contribution is 5.98. The SMILES string of the molecule is COc1ccc(C)cc1NC(=O)C(OC(=O)/C=C/c1cccc(C(F)(F)F)c1)c1ccccc1. The van der Waals surface area contributed by atoms with Crippen LogP contribution in [0.4, 0.5) is 18.9 Å². The Kier molecular flexibility index (Phi) is 7.73. The number of halogens is 3. The number of hydrogen-bond donors (Lipinski definition) is 1. The van der Waals surface area contributed by atoms with Gasteiger partial charge in [0.15, 0.2) is 0 Å². The van der Waals surface area contributed by atoms with Crippen LogP contribution in [-0.4, -0.2) is 19.0 Å². The lowest BCUT2D eigenvalue weighted by Crippen LogP contribution is -2.25. The number of methoxy groups -OCH3 is 1. The summed E-state index contributed by atoms with van der Waals surface area (Å²) in [5, 5.41) is 2.71. The molecule has 3 aromatic carbocycles. The molecule has 0 aromatic heterocycles. The number of nitrogens with one attached hydrogen (secondary N) is 1. The van der Waals surface area contributed by atoms with Gasteiger partial charge >= 0.3 is 12.1 Å². The Morgan fingerprint density at radius 1 is 0.971 bits per heavy atom. The van der Waals surface area contributed by atoms with E-state index in [0.29, 0.717) is 17.0 Å². The maximum absolute atomic E-state index is 13.1. The van der Waals surface area contributed by atoms with E-state index in [4.69, 9.17) is 9.47 Å². The molecule has 0 aliphatic carbocycles. The predicted molar refractivity (Wildman–Crippen MR) is 122 cm³/mol. The first-order valence-electron chi connectivity index (χ1n) is 10.2. The van der Waals surface area contributed by atoms with Crippen molar-refractivity contribution in [3.05, 3.63) is 101 Å². The Morgan fingerprint density at radius 2 is 1.71 bits per heavy atom. The van der Waals surface area contributed by atoms with Gasteiger partial charge in [-0.1, -0.05) is 48.5 Å². The van der Waals surface area contributed by atoms with Crippen molar-refractivity contribution < 1.29 is 32.2 Å². The minimum absolute atomic E-state index is 0.164. The molecule has 0 fully saturated rings. The van der Waals surface area contributed by atoms with E-state index in [1.54, 1.807) is 42.5 Å². The first kappa shape index (κ1) is 24.6. The number of carbonyl (C=O) groups excluding carboxylic acids is 2. The maximum atomic E-state index is 13.1. The number of aryl methyl sites for hydroxylation is 1. The van der Waals surface area contributed by atoms with E-state index in [-0.39, 0.29) is 5.56 Å². The molecule has 0 bridgehead atoms. The fraction of sp³-hybridized carbons (Fsp3) is 0.154. The highest BCUT2D eigenvalue weighted by Crippen LogP contribution is 2.30. The first-order chi connectivity index (χ1) is 16.2. The summed E-state index contributed by atoms with van der Waals surface area (Å²) in [6.45, 7) is 1.85. The van der Waals surface area contributed by atoms with Crippen molar-refractivity contribution in [3.63, 3.8) is 0 Å². The molecule has 0 aliphatic heterocycles. The zero-order valence-corrected chi connectivity index (χ0v) is 18.4. The Morgan fingerprint density at radius 3 is 2.38 bits per heavy atom. The molecule has 0 spiro atoms. The molecule has 3 aromatic rings. The van der Waals surface area contributed by atoms with E-state index in [9.17, 15) is 22.8 Å². The quantitative estimate of drug-likeness (QED) is 0.343. The second-order valence-electron chi connectivity index (χ2n) is 7.38. The summed E-state index contributed by atoms with van der Waals surface area (Å²) < 4.78 is 49.4. The number of esters is 1. The number of carbonyl (C=O) groups is 2. The standard InChI is InChI=1S/C26H22F3NO4/c1-17-11-13-22(33-2)21(15-17)30-25(32)24(19-8-4-3-5-9-19)34-23(31)14-12-18-7-6-10-20(16-18)26(27,28)29/h3-16,24H,1-2H3,(H,30,32)/b14-12+. The van der Waals surface area contributed by atoms with Crippen molar-refractivity contribution in [2.45, 2.75) is 19.2 Å². The Balaban J connectivity index is 1.81. The Labute approximate surface area is 194 Å². The predicted octanol–water partition coefficient (Wildman–Crippen LogP) is 5.96. The summed E-state index contributed by atoms with van der Waals surface area (Å²) in [5.41, 5.74) is 1.04. The molecule has 3 rings (SSSR count). The number of anilines is 1. The molecule has 34 heavy (non-hydrogen) atoms. The molecule has 0 saturated carbocycles. The van der Waals surface area contributed by atoms with E-state index in [2.05, 4.69) is 5.32 Å². The summed E-state index contributed by atoms with van der Waals surface area (Å²) in [6.07, 6.45) is -3.63. The van der Waals surface area contributed by atoms with Gasteiger partial charge in [0, 0.05) is 11.6 Å². The maximum Gasteiger partial charge on any atom is 0.416 e. The molecular weight excluding hydrogens is 447 g/mol. The molecule has 1 N–H and O–H groups in total. The molecule has 0 saturated heterocycles. The van der Waals surface area contributed by atoms with Crippen LogP contribution in [0.1, 0.15) is 28.4 Å². The smallest absolute Gasteiger partial charge is 0.416 e. The van der Waals surface area contributed by atoms with Crippen LogP contribution in [-0.2, 0) is 20.5 Å². The summed E-state index contributed by atoms with van der Waals surface area (Å²) in [6, 6.07) is 18.1. The molecule has 0 radical (unpaired) electrons. The van der Waals surface area contributed by atoms with Gasteiger partial charge in [0.25, 0.3) is 5.91 Å². The van der Waals surface area contributed by atoms with E-state index >= 15 is 0 Å². The molecular formula is C26H22F3NO4. The number of rotatable bonds is 7. The molecule has 176 valence electrons. The van der Waals surface area contributed by atoms with Crippen LogP contribution >= 0.6 is 0 Å². The fourth-order valence-electron chi connectivity index (χ4n) is 3.16. The number of ether oxygens (including phenoxy) is 2. The van der Waals surface area contributed by atoms with Crippen LogP contribution < -0.4 is 10.1 Å². The zero-order valence-electron chi connectivity index (χ0n) is 18.4. The molecule has 8 heteroatoms.